The molecule has 7 heteroatoms. The van der Waals surface area contributed by atoms with Crippen molar-refractivity contribution < 1.29 is 4.74 Å². The molecule has 0 bridgehead atoms. The highest BCUT2D eigenvalue weighted by Gasteiger charge is 2.14. The average molecular weight is 309 g/mol. The van der Waals surface area contributed by atoms with Gasteiger partial charge in [0.15, 0.2) is 5.95 Å². The zero-order chi connectivity index (χ0) is 15.6. The van der Waals surface area contributed by atoms with Crippen LogP contribution in [0.25, 0.3) is 22.4 Å². The maximum Gasteiger partial charge on any atom is 0.153 e. The van der Waals surface area contributed by atoms with Crippen LogP contribution in [0.15, 0.2) is 30.6 Å². The van der Waals surface area contributed by atoms with Crippen molar-refractivity contribution >= 4 is 17.1 Å². The number of hydrogen-bond donors (Lipinski definition) is 1. The van der Waals surface area contributed by atoms with Crippen molar-refractivity contribution in [1.29, 1.82) is 0 Å². The minimum Gasteiger partial charge on any atom is -0.497 e. The Labute approximate surface area is 133 Å². The van der Waals surface area contributed by atoms with Crippen molar-refractivity contribution in [2.24, 2.45) is 0 Å². The number of aromatic nitrogens is 4. The third kappa shape index (κ3) is 2.59. The van der Waals surface area contributed by atoms with Gasteiger partial charge in [0.05, 0.1) is 12.8 Å². The van der Waals surface area contributed by atoms with Crippen LogP contribution >= 0.6 is 0 Å². The molecular weight excluding hydrogens is 292 g/mol. The molecule has 118 valence electrons. The Bertz CT molecular complexity index is 807. The highest BCUT2D eigenvalue weighted by Crippen LogP contribution is 2.27. The lowest BCUT2D eigenvalue weighted by Gasteiger charge is -2.29. The summed E-state index contributed by atoms with van der Waals surface area (Å²) in [6, 6.07) is 7.81. The predicted molar refractivity (Wildman–Crippen MR) is 87.7 cm³/mol. The Morgan fingerprint density at radius 1 is 1.13 bits per heavy atom. The number of methoxy groups -OCH3 is 1. The van der Waals surface area contributed by atoms with E-state index in [-0.39, 0.29) is 0 Å². The fourth-order valence-corrected chi connectivity index (χ4v) is 2.74. The molecule has 0 amide bonds. The van der Waals surface area contributed by atoms with E-state index in [1.165, 1.54) is 6.33 Å². The maximum absolute atomic E-state index is 5.22. The molecule has 1 aliphatic rings. The average Bonchev–Trinajstić information content (AvgIpc) is 3.10. The third-order valence-electron chi connectivity index (χ3n) is 3.98. The van der Waals surface area contributed by atoms with Gasteiger partial charge < -0.3 is 29.9 Å². The van der Waals surface area contributed by atoms with Gasteiger partial charge in [-0.05, 0) is 30.6 Å². The molecule has 0 unspecified atom stereocenters. The first-order valence-electron chi connectivity index (χ1n) is 7.60. The largest absolute Gasteiger partial charge is 0.497 e. The molecule has 23 heavy (non-hydrogen) atoms. The molecule has 7 nitrogen and oxygen atoms in total. The Kier molecular flexibility index (Phi) is 3.55. The minimum atomic E-state index is 0.638. The third-order valence-corrected chi connectivity index (χ3v) is 3.98. The van der Waals surface area contributed by atoms with Crippen molar-refractivity contribution in [3.63, 3.8) is 0 Å². The van der Waals surface area contributed by atoms with Crippen molar-refractivity contribution in [2.45, 2.75) is 0 Å². The molecule has 3 heterocycles. The standard InChI is InChI=1S/C16H17N6O/c1-23-12-4-2-11(3-5-12)13-14-15(19-10-18-14)21-16(20-13)22-8-6-17-7-9-22/h2-5,10,17H,6-9H2,1H3/q-1. The number of fused-ring (bicyclic) bond motifs is 1. The first-order chi connectivity index (χ1) is 11.3. The second-order valence-electron chi connectivity index (χ2n) is 5.38. The van der Waals surface area contributed by atoms with E-state index in [2.05, 4.69) is 25.2 Å². The minimum absolute atomic E-state index is 0.638. The van der Waals surface area contributed by atoms with E-state index in [9.17, 15) is 0 Å². The second kappa shape index (κ2) is 5.85. The monoisotopic (exact) mass is 309 g/mol. The summed E-state index contributed by atoms with van der Waals surface area (Å²) >= 11 is 0. The fourth-order valence-electron chi connectivity index (χ4n) is 2.74. The number of anilines is 1. The Hall–Kier alpha value is -2.67. The molecule has 0 radical (unpaired) electrons. The molecule has 1 aliphatic heterocycles. The van der Waals surface area contributed by atoms with Crippen LogP contribution in [0, 0.1) is 0 Å². The van der Waals surface area contributed by atoms with Crippen LogP contribution in [-0.2, 0) is 0 Å². The summed E-state index contributed by atoms with van der Waals surface area (Å²) in [7, 11) is 1.66. The summed E-state index contributed by atoms with van der Waals surface area (Å²) in [6.07, 6.45) is 1.54. The summed E-state index contributed by atoms with van der Waals surface area (Å²) in [5.41, 5.74) is 3.16. The van der Waals surface area contributed by atoms with E-state index >= 15 is 0 Å². The molecule has 0 saturated carbocycles. The van der Waals surface area contributed by atoms with Gasteiger partial charge in [0, 0.05) is 42.9 Å². The second-order valence-corrected chi connectivity index (χ2v) is 5.38. The normalized spacial score (nSPS) is 15.1. The summed E-state index contributed by atoms with van der Waals surface area (Å²) in [5, 5.41) is 3.34. The van der Waals surface area contributed by atoms with Gasteiger partial charge in [-0.25, -0.2) is 4.98 Å². The number of nitrogens with one attached hydrogen (secondary N) is 1. The van der Waals surface area contributed by atoms with E-state index in [0.29, 0.717) is 11.6 Å². The lowest BCUT2D eigenvalue weighted by Crippen LogP contribution is -2.44. The summed E-state index contributed by atoms with van der Waals surface area (Å²) in [5.74, 6) is 1.53. The number of nitrogens with zero attached hydrogens (tertiary/aromatic N) is 5. The van der Waals surface area contributed by atoms with E-state index in [1.807, 2.05) is 24.3 Å². The SMILES string of the molecule is COc1ccc(-c2nc(N3CCNCC3)nc3[n-]cnc23)cc1. The first-order valence-corrected chi connectivity index (χ1v) is 7.60. The molecule has 1 N–H and O–H groups in total. The number of benzene rings is 1. The summed E-state index contributed by atoms with van der Waals surface area (Å²) in [4.78, 5) is 20.1. The Morgan fingerprint density at radius 3 is 2.65 bits per heavy atom. The molecule has 3 aromatic rings. The molecule has 0 aliphatic carbocycles. The number of hydrogen-bond acceptors (Lipinski definition) is 6. The molecule has 2 aromatic heterocycles. The lowest BCUT2D eigenvalue weighted by molar-refractivity contribution is 0.415. The van der Waals surface area contributed by atoms with Gasteiger partial charge in [0.2, 0.25) is 0 Å². The van der Waals surface area contributed by atoms with Crippen molar-refractivity contribution in [3.05, 3.63) is 30.6 Å². The molecule has 1 fully saturated rings. The van der Waals surface area contributed by atoms with Crippen molar-refractivity contribution in [2.75, 3.05) is 38.2 Å². The van der Waals surface area contributed by atoms with Gasteiger partial charge in [-0.15, -0.1) is 0 Å². The van der Waals surface area contributed by atoms with Crippen LogP contribution in [0.4, 0.5) is 5.95 Å². The molecule has 1 aromatic carbocycles. The Morgan fingerprint density at radius 2 is 1.91 bits per heavy atom. The van der Waals surface area contributed by atoms with E-state index in [1.54, 1.807) is 7.11 Å². The Balaban J connectivity index is 1.81. The predicted octanol–water partition coefficient (Wildman–Crippen LogP) is 1.07. The molecular formula is C16H17N6O-. The van der Waals surface area contributed by atoms with Gasteiger partial charge in [0.25, 0.3) is 0 Å². The smallest absolute Gasteiger partial charge is 0.153 e. The van der Waals surface area contributed by atoms with E-state index in [4.69, 9.17) is 9.72 Å². The van der Waals surface area contributed by atoms with Gasteiger partial charge in [-0.2, -0.15) is 0 Å². The van der Waals surface area contributed by atoms with E-state index < -0.39 is 0 Å². The van der Waals surface area contributed by atoms with Crippen molar-refractivity contribution in [3.8, 4) is 17.0 Å². The zero-order valence-corrected chi connectivity index (χ0v) is 12.9. The topological polar surface area (TPSA) is 77.3 Å². The van der Waals surface area contributed by atoms with Gasteiger partial charge in [-0.3, -0.25) is 0 Å². The number of piperazine rings is 1. The number of rotatable bonds is 3. The van der Waals surface area contributed by atoms with Crippen LogP contribution in [0.5, 0.6) is 5.75 Å². The highest BCUT2D eigenvalue weighted by molar-refractivity contribution is 5.88. The summed E-state index contributed by atoms with van der Waals surface area (Å²) < 4.78 is 5.22. The molecule has 4 rings (SSSR count). The van der Waals surface area contributed by atoms with Crippen LogP contribution in [0.3, 0.4) is 0 Å². The molecule has 0 spiro atoms. The van der Waals surface area contributed by atoms with Crippen LogP contribution in [0.2, 0.25) is 0 Å². The quantitative estimate of drug-likeness (QED) is 0.775. The van der Waals surface area contributed by atoms with Crippen LogP contribution in [-0.4, -0.2) is 48.2 Å². The maximum atomic E-state index is 5.22. The van der Waals surface area contributed by atoms with Crippen molar-refractivity contribution in [1.82, 2.24) is 25.3 Å². The summed E-state index contributed by atoms with van der Waals surface area (Å²) in [6.45, 7) is 3.65. The zero-order valence-electron chi connectivity index (χ0n) is 12.9. The number of ether oxygens (including phenoxy) is 1. The molecule has 0 atom stereocenters. The van der Waals surface area contributed by atoms with Gasteiger partial charge in [-0.1, -0.05) is 0 Å². The van der Waals surface area contributed by atoms with E-state index in [0.717, 1.165) is 48.7 Å². The lowest BCUT2D eigenvalue weighted by atomic mass is 10.1. The van der Waals surface area contributed by atoms with Crippen LogP contribution < -0.4 is 19.9 Å². The number of imidazole rings is 1. The van der Waals surface area contributed by atoms with Gasteiger partial charge >= 0.3 is 0 Å². The molecule has 1 saturated heterocycles. The van der Waals surface area contributed by atoms with Gasteiger partial charge in [0.1, 0.15) is 5.75 Å². The highest BCUT2D eigenvalue weighted by atomic mass is 16.5. The fraction of sp³-hybridized carbons (Fsp3) is 0.312. The van der Waals surface area contributed by atoms with Crippen LogP contribution in [0.1, 0.15) is 0 Å². The first kappa shape index (κ1) is 14.0.